The van der Waals surface area contributed by atoms with E-state index in [2.05, 4.69) is 29.6 Å². The number of hydrogen-bond acceptors (Lipinski definition) is 4. The zero-order chi connectivity index (χ0) is 15.9. The van der Waals surface area contributed by atoms with Gasteiger partial charge < -0.3 is 14.4 Å². The maximum Gasteiger partial charge on any atom is 0.219 e. The number of nitrogens with zero attached hydrogens (tertiary/aromatic N) is 1. The molecule has 2 aliphatic rings. The topological polar surface area (TPSA) is 38.8 Å². The number of amides is 1. The van der Waals surface area contributed by atoms with E-state index in [1.807, 2.05) is 11.0 Å². The van der Waals surface area contributed by atoms with E-state index in [1.165, 1.54) is 10.4 Å². The van der Waals surface area contributed by atoms with Crippen LogP contribution in [0.1, 0.15) is 25.3 Å². The minimum Gasteiger partial charge on any atom is -0.462 e. The molecule has 0 atom stereocenters. The average molecular weight is 329 g/mol. The molecule has 0 bridgehead atoms. The van der Waals surface area contributed by atoms with Crippen LogP contribution in [0.15, 0.2) is 35.7 Å². The van der Waals surface area contributed by atoms with E-state index in [-0.39, 0.29) is 5.91 Å². The lowest BCUT2D eigenvalue weighted by Gasteiger charge is -2.43. The third-order valence-electron chi connectivity index (χ3n) is 4.62. The van der Waals surface area contributed by atoms with Crippen molar-refractivity contribution in [3.8, 4) is 16.2 Å². The first kappa shape index (κ1) is 14.7. The summed E-state index contributed by atoms with van der Waals surface area (Å²) in [4.78, 5) is 14.6. The number of fused-ring (bicyclic) bond motifs is 1. The smallest absolute Gasteiger partial charge is 0.219 e. The molecule has 0 radical (unpaired) electrons. The van der Waals surface area contributed by atoms with Crippen LogP contribution in [0.25, 0.3) is 10.4 Å². The first-order chi connectivity index (χ1) is 11.2. The van der Waals surface area contributed by atoms with E-state index in [0.29, 0.717) is 19.7 Å². The highest BCUT2D eigenvalue weighted by molar-refractivity contribution is 7.13. The number of ether oxygens (including phenoxy) is 2. The quantitative estimate of drug-likeness (QED) is 0.801. The van der Waals surface area contributed by atoms with Crippen molar-refractivity contribution in [1.82, 2.24) is 4.90 Å². The predicted octanol–water partition coefficient (Wildman–Crippen LogP) is 3.66. The van der Waals surface area contributed by atoms with Crippen molar-refractivity contribution in [2.75, 3.05) is 13.1 Å². The molecule has 5 heteroatoms. The summed E-state index contributed by atoms with van der Waals surface area (Å²) in [7, 11) is 0. The first-order valence-corrected chi connectivity index (χ1v) is 8.78. The van der Waals surface area contributed by atoms with Gasteiger partial charge in [0.15, 0.2) is 0 Å². The van der Waals surface area contributed by atoms with Gasteiger partial charge in [-0.15, -0.1) is 11.3 Å². The van der Waals surface area contributed by atoms with Crippen LogP contribution in [0.4, 0.5) is 0 Å². The molecule has 0 unspecified atom stereocenters. The summed E-state index contributed by atoms with van der Waals surface area (Å²) in [5.74, 6) is 0.466. The van der Waals surface area contributed by atoms with Crippen LogP contribution in [-0.2, 0) is 16.1 Å². The van der Waals surface area contributed by atoms with Gasteiger partial charge in [-0.25, -0.2) is 0 Å². The van der Waals surface area contributed by atoms with Crippen molar-refractivity contribution in [2.24, 2.45) is 0 Å². The molecule has 0 saturated carbocycles. The maximum atomic E-state index is 11.5. The first-order valence-electron chi connectivity index (χ1n) is 7.91. The zero-order valence-corrected chi connectivity index (χ0v) is 13.9. The van der Waals surface area contributed by atoms with Crippen molar-refractivity contribution in [3.05, 3.63) is 41.3 Å². The number of carbonyl (C=O) groups is 1. The molecule has 1 amide bonds. The number of hydrogen-bond donors (Lipinski definition) is 0. The molecule has 4 nitrogen and oxygen atoms in total. The van der Waals surface area contributed by atoms with Gasteiger partial charge in [-0.2, -0.15) is 0 Å². The molecule has 1 fully saturated rings. The van der Waals surface area contributed by atoms with Crippen LogP contribution in [-0.4, -0.2) is 29.7 Å². The SMILES string of the molecule is CC(=O)N1CCC2(CC1)OCc1cc(-c3cccs3)ccc1O2. The normalized spacial score (nSPS) is 19.3. The second-order valence-corrected chi connectivity index (χ2v) is 7.05. The van der Waals surface area contributed by atoms with Gasteiger partial charge in [0.1, 0.15) is 5.75 Å². The summed E-state index contributed by atoms with van der Waals surface area (Å²) in [6.07, 6.45) is 1.44. The molecule has 1 aromatic heterocycles. The van der Waals surface area contributed by atoms with E-state index < -0.39 is 5.79 Å². The third-order valence-corrected chi connectivity index (χ3v) is 5.54. The second kappa shape index (κ2) is 5.65. The molecule has 4 rings (SSSR count). The summed E-state index contributed by atoms with van der Waals surface area (Å²) in [6.45, 7) is 3.56. The second-order valence-electron chi connectivity index (χ2n) is 6.11. The Kier molecular flexibility index (Phi) is 3.62. The van der Waals surface area contributed by atoms with Crippen LogP contribution in [0.5, 0.6) is 5.75 Å². The zero-order valence-electron chi connectivity index (χ0n) is 13.1. The van der Waals surface area contributed by atoms with Crippen molar-refractivity contribution < 1.29 is 14.3 Å². The van der Waals surface area contributed by atoms with Gasteiger partial charge in [-0.1, -0.05) is 6.07 Å². The fourth-order valence-corrected chi connectivity index (χ4v) is 3.96. The summed E-state index contributed by atoms with van der Waals surface area (Å²) in [5.41, 5.74) is 2.30. The number of rotatable bonds is 1. The molecule has 2 aromatic rings. The van der Waals surface area contributed by atoms with Gasteiger partial charge in [0.05, 0.1) is 6.61 Å². The number of carbonyl (C=O) groups excluding carboxylic acids is 1. The van der Waals surface area contributed by atoms with Crippen molar-refractivity contribution in [2.45, 2.75) is 32.2 Å². The number of thiophene rings is 1. The maximum absolute atomic E-state index is 11.5. The molecule has 2 aliphatic heterocycles. The highest BCUT2D eigenvalue weighted by atomic mass is 32.1. The van der Waals surface area contributed by atoms with Crippen LogP contribution in [0.3, 0.4) is 0 Å². The van der Waals surface area contributed by atoms with E-state index >= 15 is 0 Å². The van der Waals surface area contributed by atoms with Gasteiger partial charge in [-0.05, 0) is 35.2 Å². The van der Waals surface area contributed by atoms with Gasteiger partial charge in [-0.3, -0.25) is 4.79 Å². The van der Waals surface area contributed by atoms with Crippen LogP contribution >= 0.6 is 11.3 Å². The monoisotopic (exact) mass is 329 g/mol. The summed E-state index contributed by atoms with van der Waals surface area (Å²) in [6, 6.07) is 10.5. The van der Waals surface area contributed by atoms with Gasteiger partial charge >= 0.3 is 0 Å². The Bertz CT molecular complexity index is 718. The number of piperidine rings is 1. The lowest BCUT2D eigenvalue weighted by Crippen LogP contribution is -2.52. The lowest BCUT2D eigenvalue weighted by molar-refractivity contribution is -0.227. The highest BCUT2D eigenvalue weighted by Crippen LogP contribution is 2.39. The lowest BCUT2D eigenvalue weighted by atomic mass is 10.0. The molecule has 120 valence electrons. The van der Waals surface area contributed by atoms with Crippen LogP contribution in [0.2, 0.25) is 0 Å². The van der Waals surface area contributed by atoms with E-state index in [1.54, 1.807) is 18.3 Å². The van der Waals surface area contributed by atoms with Crippen molar-refractivity contribution in [3.63, 3.8) is 0 Å². The highest BCUT2D eigenvalue weighted by Gasteiger charge is 2.41. The fraction of sp³-hybridized carbons (Fsp3) is 0.389. The average Bonchev–Trinajstić information content (AvgIpc) is 3.09. The molecule has 3 heterocycles. The molecular weight excluding hydrogens is 310 g/mol. The van der Waals surface area contributed by atoms with Gasteiger partial charge in [0.2, 0.25) is 11.7 Å². The Labute approximate surface area is 139 Å². The Hall–Kier alpha value is -1.85. The summed E-state index contributed by atoms with van der Waals surface area (Å²) in [5, 5.41) is 2.08. The summed E-state index contributed by atoms with van der Waals surface area (Å²) >= 11 is 1.73. The van der Waals surface area contributed by atoms with Gasteiger partial charge in [0.25, 0.3) is 0 Å². The molecule has 0 N–H and O–H groups in total. The Morgan fingerprint density at radius 3 is 2.78 bits per heavy atom. The minimum atomic E-state index is -0.566. The fourth-order valence-electron chi connectivity index (χ4n) is 3.24. The molecule has 1 spiro atoms. The molecular formula is C18H19NO3S. The Morgan fingerprint density at radius 1 is 1.26 bits per heavy atom. The molecule has 23 heavy (non-hydrogen) atoms. The van der Waals surface area contributed by atoms with Crippen LogP contribution in [0, 0.1) is 0 Å². The Morgan fingerprint density at radius 2 is 2.09 bits per heavy atom. The van der Waals surface area contributed by atoms with E-state index in [4.69, 9.17) is 9.47 Å². The van der Waals surface area contributed by atoms with E-state index in [0.717, 1.165) is 24.2 Å². The van der Waals surface area contributed by atoms with E-state index in [9.17, 15) is 4.79 Å². The summed E-state index contributed by atoms with van der Waals surface area (Å²) < 4.78 is 12.3. The van der Waals surface area contributed by atoms with Crippen molar-refractivity contribution >= 4 is 17.2 Å². The van der Waals surface area contributed by atoms with Crippen LogP contribution < -0.4 is 4.74 Å². The third kappa shape index (κ3) is 2.75. The molecule has 1 saturated heterocycles. The van der Waals surface area contributed by atoms with Crippen molar-refractivity contribution in [1.29, 1.82) is 0 Å². The molecule has 0 aliphatic carbocycles. The molecule has 1 aromatic carbocycles. The largest absolute Gasteiger partial charge is 0.462 e. The Balaban J connectivity index is 1.53. The standard InChI is InChI=1S/C18H19NO3S/c1-13(20)19-8-6-18(7-9-19)21-12-15-11-14(4-5-16(15)22-18)17-3-2-10-23-17/h2-5,10-11H,6-9,12H2,1H3. The number of likely N-dealkylation sites (tertiary alicyclic amines) is 1. The minimum absolute atomic E-state index is 0.122. The predicted molar refractivity (Wildman–Crippen MR) is 89.4 cm³/mol. The van der Waals surface area contributed by atoms with Gasteiger partial charge in [0, 0.05) is 43.3 Å². The number of benzene rings is 1.